The van der Waals surface area contributed by atoms with Crippen LogP contribution in [-0.2, 0) is 17.8 Å². The van der Waals surface area contributed by atoms with Crippen LogP contribution in [0.25, 0.3) is 0 Å². The number of likely N-dealkylation sites (tertiary alicyclic amines) is 1. The maximum Gasteiger partial charge on any atom is 0.317 e. The average molecular weight is 359 g/mol. The molecule has 1 fully saturated rings. The van der Waals surface area contributed by atoms with E-state index in [1.165, 1.54) is 5.56 Å². The summed E-state index contributed by atoms with van der Waals surface area (Å²) in [6.07, 6.45) is 6.45. The van der Waals surface area contributed by atoms with E-state index in [2.05, 4.69) is 34.1 Å². The summed E-state index contributed by atoms with van der Waals surface area (Å²) >= 11 is 1.69. The minimum Gasteiger partial charge on any atom is -0.373 e. The van der Waals surface area contributed by atoms with E-state index in [1.807, 2.05) is 23.2 Å². The van der Waals surface area contributed by atoms with Gasteiger partial charge in [0.25, 0.3) is 0 Å². The van der Waals surface area contributed by atoms with Crippen LogP contribution in [0, 0.1) is 0 Å². The van der Waals surface area contributed by atoms with Crippen molar-refractivity contribution < 1.29 is 9.53 Å². The van der Waals surface area contributed by atoms with Crippen LogP contribution in [-0.4, -0.2) is 41.2 Å². The molecule has 2 aromatic rings. The number of thiophene rings is 1. The highest BCUT2D eigenvalue weighted by Gasteiger charge is 2.24. The normalized spacial score (nSPS) is 16.6. The Labute approximate surface area is 153 Å². The predicted octanol–water partition coefficient (Wildman–Crippen LogP) is 3.46. The molecule has 3 rings (SSSR count). The Balaban J connectivity index is 1.37. The van der Waals surface area contributed by atoms with E-state index < -0.39 is 0 Å². The summed E-state index contributed by atoms with van der Waals surface area (Å²) in [5.74, 6) is 0. The van der Waals surface area contributed by atoms with Crippen LogP contribution in [0.2, 0.25) is 0 Å². The fraction of sp³-hybridized carbons (Fsp3) is 0.474. The van der Waals surface area contributed by atoms with Crippen molar-refractivity contribution in [2.45, 2.75) is 44.9 Å². The Kier molecular flexibility index (Phi) is 6.42. The molecular weight excluding hydrogens is 334 g/mol. The highest BCUT2D eigenvalue weighted by atomic mass is 32.1. The first-order valence-corrected chi connectivity index (χ1v) is 9.72. The van der Waals surface area contributed by atoms with Crippen molar-refractivity contribution in [1.29, 1.82) is 0 Å². The van der Waals surface area contributed by atoms with Crippen molar-refractivity contribution in [3.8, 4) is 0 Å². The lowest BCUT2D eigenvalue weighted by Crippen LogP contribution is -2.48. The van der Waals surface area contributed by atoms with E-state index in [-0.39, 0.29) is 18.2 Å². The minimum absolute atomic E-state index is 0.0356. The molecule has 2 amide bonds. The lowest BCUT2D eigenvalue weighted by Gasteiger charge is -2.32. The molecule has 1 atom stereocenters. The Morgan fingerprint density at radius 2 is 2.24 bits per heavy atom. The van der Waals surface area contributed by atoms with E-state index in [0.717, 1.165) is 37.9 Å². The largest absolute Gasteiger partial charge is 0.373 e. The monoisotopic (exact) mass is 359 g/mol. The maximum absolute atomic E-state index is 12.4. The molecule has 1 aliphatic rings. The third-order valence-electron chi connectivity index (χ3n) is 4.43. The Bertz CT molecular complexity index is 640. The molecule has 0 aromatic carbocycles. The van der Waals surface area contributed by atoms with Gasteiger partial charge in [0.2, 0.25) is 0 Å². The number of rotatable bonds is 6. The maximum atomic E-state index is 12.4. The zero-order chi connectivity index (χ0) is 17.5. The van der Waals surface area contributed by atoms with Gasteiger partial charge in [0.1, 0.15) is 0 Å². The Hall–Kier alpha value is -1.92. The molecule has 0 bridgehead atoms. The van der Waals surface area contributed by atoms with Crippen LogP contribution in [0.3, 0.4) is 0 Å². The number of aromatic nitrogens is 1. The molecule has 0 spiro atoms. The number of carbonyl (C=O) groups excluding carboxylic acids is 1. The van der Waals surface area contributed by atoms with Gasteiger partial charge in [-0.3, -0.25) is 4.98 Å². The summed E-state index contributed by atoms with van der Waals surface area (Å²) in [5, 5.41) is 7.31. The molecule has 25 heavy (non-hydrogen) atoms. The first kappa shape index (κ1) is 17.9. The van der Waals surface area contributed by atoms with Crippen LogP contribution in [0.5, 0.6) is 0 Å². The van der Waals surface area contributed by atoms with Gasteiger partial charge in [-0.15, -0.1) is 0 Å². The SMILES string of the molecule is C[C@H](Cc1ccsc1)NC(=O)N1CCC(OCc2cccnc2)CC1. The summed E-state index contributed by atoms with van der Waals surface area (Å²) in [7, 11) is 0. The van der Waals surface area contributed by atoms with Crippen LogP contribution >= 0.6 is 11.3 Å². The molecule has 1 aliphatic heterocycles. The minimum atomic E-state index is 0.0356. The van der Waals surface area contributed by atoms with Gasteiger partial charge in [0, 0.05) is 31.5 Å². The summed E-state index contributed by atoms with van der Waals surface area (Å²) in [4.78, 5) is 18.4. The van der Waals surface area contributed by atoms with Gasteiger partial charge in [-0.1, -0.05) is 6.07 Å². The number of pyridine rings is 1. The van der Waals surface area contributed by atoms with Crippen molar-refractivity contribution in [2.75, 3.05) is 13.1 Å². The van der Waals surface area contributed by atoms with Crippen molar-refractivity contribution >= 4 is 17.4 Å². The molecule has 0 unspecified atom stereocenters. The molecule has 1 N–H and O–H groups in total. The molecule has 5 nitrogen and oxygen atoms in total. The number of urea groups is 1. The number of amides is 2. The fourth-order valence-corrected chi connectivity index (χ4v) is 3.72. The molecule has 0 saturated carbocycles. The number of nitrogens with zero attached hydrogens (tertiary/aromatic N) is 2. The molecular formula is C19H25N3O2S. The van der Waals surface area contributed by atoms with Crippen molar-refractivity contribution in [3.05, 3.63) is 52.5 Å². The van der Waals surface area contributed by atoms with E-state index in [0.29, 0.717) is 6.61 Å². The zero-order valence-corrected chi connectivity index (χ0v) is 15.4. The van der Waals surface area contributed by atoms with Crippen LogP contribution in [0.4, 0.5) is 4.79 Å². The standard InChI is InChI=1S/C19H25N3O2S/c1-15(11-16-6-10-25-14-16)21-19(23)22-8-4-18(5-9-22)24-13-17-3-2-7-20-12-17/h2-3,6-7,10,12,14-15,18H,4-5,8-9,11,13H2,1H3,(H,21,23)/t15-/m1/s1. The number of ether oxygens (including phenoxy) is 1. The Morgan fingerprint density at radius 3 is 2.92 bits per heavy atom. The molecule has 0 radical (unpaired) electrons. The summed E-state index contributed by atoms with van der Waals surface area (Å²) < 4.78 is 5.95. The summed E-state index contributed by atoms with van der Waals surface area (Å²) in [5.41, 5.74) is 2.37. The highest BCUT2D eigenvalue weighted by Crippen LogP contribution is 2.16. The Morgan fingerprint density at radius 1 is 1.40 bits per heavy atom. The molecule has 3 heterocycles. The summed E-state index contributed by atoms with van der Waals surface area (Å²) in [6.45, 7) is 4.13. The number of piperidine rings is 1. The number of carbonyl (C=O) groups is 1. The molecule has 134 valence electrons. The van der Waals surface area contributed by atoms with E-state index in [9.17, 15) is 4.79 Å². The third-order valence-corrected chi connectivity index (χ3v) is 5.16. The number of hydrogen-bond acceptors (Lipinski definition) is 4. The highest BCUT2D eigenvalue weighted by molar-refractivity contribution is 7.07. The van der Waals surface area contributed by atoms with Gasteiger partial charge >= 0.3 is 6.03 Å². The fourth-order valence-electron chi connectivity index (χ4n) is 3.04. The van der Waals surface area contributed by atoms with Crippen LogP contribution < -0.4 is 5.32 Å². The van der Waals surface area contributed by atoms with Gasteiger partial charge in [-0.25, -0.2) is 4.79 Å². The third kappa shape index (κ3) is 5.54. The van der Waals surface area contributed by atoms with E-state index in [4.69, 9.17) is 4.74 Å². The van der Waals surface area contributed by atoms with Gasteiger partial charge in [-0.05, 0) is 60.2 Å². The molecule has 6 heteroatoms. The lowest BCUT2D eigenvalue weighted by atomic mass is 10.1. The molecule has 0 aliphatic carbocycles. The number of hydrogen-bond donors (Lipinski definition) is 1. The second kappa shape index (κ2) is 8.97. The predicted molar refractivity (Wildman–Crippen MR) is 99.6 cm³/mol. The first-order valence-electron chi connectivity index (χ1n) is 8.77. The molecule has 2 aromatic heterocycles. The quantitative estimate of drug-likeness (QED) is 0.859. The van der Waals surface area contributed by atoms with E-state index >= 15 is 0 Å². The van der Waals surface area contributed by atoms with E-state index in [1.54, 1.807) is 17.5 Å². The van der Waals surface area contributed by atoms with Crippen molar-refractivity contribution in [2.24, 2.45) is 0 Å². The zero-order valence-electron chi connectivity index (χ0n) is 14.6. The molecule has 1 saturated heterocycles. The number of nitrogens with one attached hydrogen (secondary N) is 1. The van der Waals surface area contributed by atoms with Gasteiger partial charge in [0.15, 0.2) is 0 Å². The topological polar surface area (TPSA) is 54.5 Å². The summed E-state index contributed by atoms with van der Waals surface area (Å²) in [6, 6.07) is 6.22. The second-order valence-corrected chi connectivity index (χ2v) is 7.32. The smallest absolute Gasteiger partial charge is 0.317 e. The van der Waals surface area contributed by atoms with Crippen LogP contribution in [0.15, 0.2) is 41.4 Å². The van der Waals surface area contributed by atoms with Gasteiger partial charge in [0.05, 0.1) is 12.7 Å². The van der Waals surface area contributed by atoms with Gasteiger partial charge < -0.3 is 15.0 Å². The van der Waals surface area contributed by atoms with Crippen molar-refractivity contribution in [3.63, 3.8) is 0 Å². The lowest BCUT2D eigenvalue weighted by molar-refractivity contribution is 0.00422. The first-order chi connectivity index (χ1) is 12.2. The average Bonchev–Trinajstić information content (AvgIpc) is 3.14. The van der Waals surface area contributed by atoms with Gasteiger partial charge in [-0.2, -0.15) is 11.3 Å². The van der Waals surface area contributed by atoms with Crippen molar-refractivity contribution in [1.82, 2.24) is 15.2 Å². The second-order valence-electron chi connectivity index (χ2n) is 6.54. The van der Waals surface area contributed by atoms with Crippen LogP contribution in [0.1, 0.15) is 30.9 Å².